The summed E-state index contributed by atoms with van der Waals surface area (Å²) in [4.78, 5) is 29.4. The van der Waals surface area contributed by atoms with Crippen molar-refractivity contribution in [2.24, 2.45) is 5.92 Å². The van der Waals surface area contributed by atoms with Crippen LogP contribution in [-0.2, 0) is 16.0 Å². The minimum absolute atomic E-state index is 0.103. The standard InChI is InChI=1S/C19H24N2O2/c1-13-16-6-3-2-5-14(16)10-12-20(13)19(23)17-7-4-11-21(17)18(22)15-8-9-15/h2-3,5-6,13,15,17H,4,7-12H2,1H3. The highest BCUT2D eigenvalue weighted by atomic mass is 16.2. The van der Waals surface area contributed by atoms with Crippen LogP contribution in [0.4, 0.5) is 0 Å². The molecule has 2 atom stereocenters. The number of nitrogens with zero attached hydrogens (tertiary/aromatic N) is 2. The van der Waals surface area contributed by atoms with Crippen molar-refractivity contribution in [1.82, 2.24) is 9.80 Å². The largest absolute Gasteiger partial charge is 0.334 e. The van der Waals surface area contributed by atoms with Crippen LogP contribution in [0.5, 0.6) is 0 Å². The van der Waals surface area contributed by atoms with Crippen LogP contribution in [0.1, 0.15) is 49.8 Å². The summed E-state index contributed by atoms with van der Waals surface area (Å²) in [6, 6.07) is 8.27. The van der Waals surface area contributed by atoms with Gasteiger partial charge in [-0.2, -0.15) is 0 Å². The third kappa shape index (κ3) is 2.54. The number of carbonyl (C=O) groups excluding carboxylic acids is 2. The van der Waals surface area contributed by atoms with Crippen LogP contribution in [0.2, 0.25) is 0 Å². The van der Waals surface area contributed by atoms with Crippen LogP contribution < -0.4 is 0 Å². The molecule has 0 N–H and O–H groups in total. The smallest absolute Gasteiger partial charge is 0.245 e. The van der Waals surface area contributed by atoms with Crippen molar-refractivity contribution in [2.45, 2.75) is 51.1 Å². The maximum Gasteiger partial charge on any atom is 0.245 e. The normalized spacial score (nSPS) is 27.0. The molecule has 0 spiro atoms. The first kappa shape index (κ1) is 14.7. The van der Waals surface area contributed by atoms with Gasteiger partial charge in [-0.3, -0.25) is 9.59 Å². The summed E-state index contributed by atoms with van der Waals surface area (Å²) in [5.41, 5.74) is 2.60. The molecule has 122 valence electrons. The lowest BCUT2D eigenvalue weighted by atomic mass is 9.93. The molecule has 1 aromatic rings. The van der Waals surface area contributed by atoms with E-state index in [4.69, 9.17) is 0 Å². The molecule has 2 fully saturated rings. The Morgan fingerprint density at radius 3 is 2.57 bits per heavy atom. The van der Waals surface area contributed by atoms with E-state index in [9.17, 15) is 9.59 Å². The number of hydrogen-bond donors (Lipinski definition) is 0. The topological polar surface area (TPSA) is 40.6 Å². The van der Waals surface area contributed by atoms with Gasteiger partial charge in [-0.15, -0.1) is 0 Å². The lowest BCUT2D eigenvalue weighted by Gasteiger charge is -2.38. The van der Waals surface area contributed by atoms with Gasteiger partial charge in [0.2, 0.25) is 11.8 Å². The average molecular weight is 312 g/mol. The molecule has 4 nitrogen and oxygen atoms in total. The number of likely N-dealkylation sites (tertiary alicyclic amines) is 1. The van der Waals surface area contributed by atoms with Crippen molar-refractivity contribution >= 4 is 11.8 Å². The van der Waals surface area contributed by atoms with Crippen molar-refractivity contribution < 1.29 is 9.59 Å². The van der Waals surface area contributed by atoms with Gasteiger partial charge in [0.15, 0.2) is 0 Å². The van der Waals surface area contributed by atoms with Crippen molar-refractivity contribution in [3.8, 4) is 0 Å². The van der Waals surface area contributed by atoms with Crippen molar-refractivity contribution in [1.29, 1.82) is 0 Å². The summed E-state index contributed by atoms with van der Waals surface area (Å²) in [6.07, 6.45) is 4.69. The van der Waals surface area contributed by atoms with Crippen molar-refractivity contribution in [2.75, 3.05) is 13.1 Å². The van der Waals surface area contributed by atoms with Gasteiger partial charge in [0.05, 0.1) is 6.04 Å². The second-order valence-electron chi connectivity index (χ2n) is 7.12. The number of hydrogen-bond acceptors (Lipinski definition) is 2. The highest BCUT2D eigenvalue weighted by Crippen LogP contribution is 2.35. The number of rotatable bonds is 2. The Kier molecular flexibility index (Phi) is 3.63. The van der Waals surface area contributed by atoms with E-state index in [2.05, 4.69) is 25.1 Å². The molecule has 1 aromatic carbocycles. The highest BCUT2D eigenvalue weighted by Gasteiger charge is 2.43. The van der Waals surface area contributed by atoms with Gasteiger partial charge in [-0.05, 0) is 50.2 Å². The molecule has 1 saturated heterocycles. The molecule has 2 heterocycles. The summed E-state index contributed by atoms with van der Waals surface area (Å²) in [5.74, 6) is 0.562. The summed E-state index contributed by atoms with van der Waals surface area (Å²) < 4.78 is 0. The van der Waals surface area contributed by atoms with Crippen LogP contribution in [0.15, 0.2) is 24.3 Å². The maximum atomic E-state index is 13.1. The molecule has 2 aliphatic heterocycles. The summed E-state index contributed by atoms with van der Waals surface area (Å²) >= 11 is 0. The quantitative estimate of drug-likeness (QED) is 0.842. The lowest BCUT2D eigenvalue weighted by molar-refractivity contribution is -0.146. The monoisotopic (exact) mass is 312 g/mol. The average Bonchev–Trinajstić information content (AvgIpc) is 3.31. The van der Waals surface area contributed by atoms with E-state index in [0.717, 1.165) is 45.2 Å². The Morgan fingerprint density at radius 2 is 1.78 bits per heavy atom. The number of carbonyl (C=O) groups is 2. The molecule has 0 aromatic heterocycles. The van der Waals surface area contributed by atoms with Crippen LogP contribution in [0.3, 0.4) is 0 Å². The van der Waals surface area contributed by atoms with E-state index >= 15 is 0 Å². The Balaban J connectivity index is 1.53. The molecule has 4 rings (SSSR count). The molecule has 2 amide bonds. The fourth-order valence-electron chi connectivity index (χ4n) is 4.12. The lowest BCUT2D eigenvalue weighted by Crippen LogP contribution is -2.50. The number of amides is 2. The van der Waals surface area contributed by atoms with Gasteiger partial charge in [0.1, 0.15) is 6.04 Å². The van der Waals surface area contributed by atoms with Crippen molar-refractivity contribution in [3.05, 3.63) is 35.4 Å². The minimum Gasteiger partial charge on any atom is -0.334 e. The van der Waals surface area contributed by atoms with E-state index in [1.54, 1.807) is 0 Å². The van der Waals surface area contributed by atoms with E-state index in [1.807, 2.05) is 15.9 Å². The zero-order valence-electron chi connectivity index (χ0n) is 13.7. The summed E-state index contributed by atoms with van der Waals surface area (Å²) in [7, 11) is 0. The molecule has 4 heteroatoms. The molecular formula is C19H24N2O2. The fraction of sp³-hybridized carbons (Fsp3) is 0.579. The molecular weight excluding hydrogens is 288 g/mol. The number of benzene rings is 1. The fourth-order valence-corrected chi connectivity index (χ4v) is 4.12. The molecule has 0 radical (unpaired) electrons. The molecule has 1 aliphatic carbocycles. The molecule has 3 aliphatic rings. The predicted molar refractivity (Wildman–Crippen MR) is 87.7 cm³/mol. The third-order valence-corrected chi connectivity index (χ3v) is 5.63. The number of fused-ring (bicyclic) bond motifs is 1. The van der Waals surface area contributed by atoms with Gasteiger partial charge >= 0.3 is 0 Å². The minimum atomic E-state index is -0.226. The first-order valence-corrected chi connectivity index (χ1v) is 8.85. The molecule has 23 heavy (non-hydrogen) atoms. The van der Waals surface area contributed by atoms with E-state index in [0.29, 0.717) is 0 Å². The summed E-state index contributed by atoms with van der Waals surface area (Å²) in [6.45, 7) is 3.63. The van der Waals surface area contributed by atoms with Gasteiger partial charge in [0.25, 0.3) is 0 Å². The molecule has 0 bridgehead atoms. The SMILES string of the molecule is CC1c2ccccc2CCN1C(=O)C1CCCN1C(=O)C1CC1. The van der Waals surface area contributed by atoms with E-state index < -0.39 is 0 Å². The Labute approximate surface area is 137 Å². The van der Waals surface area contributed by atoms with Gasteiger partial charge in [0, 0.05) is 19.0 Å². The van der Waals surface area contributed by atoms with Gasteiger partial charge < -0.3 is 9.80 Å². The van der Waals surface area contributed by atoms with Gasteiger partial charge in [-0.25, -0.2) is 0 Å². The van der Waals surface area contributed by atoms with Crippen LogP contribution >= 0.6 is 0 Å². The maximum absolute atomic E-state index is 13.1. The van der Waals surface area contributed by atoms with E-state index in [1.165, 1.54) is 11.1 Å². The second-order valence-corrected chi connectivity index (χ2v) is 7.12. The Bertz CT molecular complexity index is 638. The van der Waals surface area contributed by atoms with E-state index in [-0.39, 0.29) is 29.8 Å². The molecule has 1 saturated carbocycles. The second kappa shape index (κ2) is 5.66. The first-order valence-electron chi connectivity index (χ1n) is 8.85. The highest BCUT2D eigenvalue weighted by molar-refractivity contribution is 5.90. The Hall–Kier alpha value is -1.84. The summed E-state index contributed by atoms with van der Waals surface area (Å²) in [5, 5.41) is 0. The Morgan fingerprint density at radius 1 is 1.00 bits per heavy atom. The molecule has 2 unspecified atom stereocenters. The zero-order valence-corrected chi connectivity index (χ0v) is 13.7. The zero-order chi connectivity index (χ0) is 16.0. The van der Waals surface area contributed by atoms with Crippen molar-refractivity contribution in [3.63, 3.8) is 0 Å². The third-order valence-electron chi connectivity index (χ3n) is 5.63. The predicted octanol–water partition coefficient (Wildman–Crippen LogP) is 2.53. The van der Waals surface area contributed by atoms with Crippen LogP contribution in [0, 0.1) is 5.92 Å². The van der Waals surface area contributed by atoms with Gasteiger partial charge in [-0.1, -0.05) is 24.3 Å². The first-order chi connectivity index (χ1) is 11.2. The van der Waals surface area contributed by atoms with Crippen LogP contribution in [-0.4, -0.2) is 40.7 Å². The van der Waals surface area contributed by atoms with Crippen LogP contribution in [0.25, 0.3) is 0 Å².